The maximum Gasteiger partial charge on any atom is 0.245 e. The topological polar surface area (TPSA) is 52.7 Å². The number of hydrogen-bond donors (Lipinski definition) is 1. The average Bonchev–Trinajstić information content (AvgIpc) is 3.07. The summed E-state index contributed by atoms with van der Waals surface area (Å²) >= 11 is 0. The summed E-state index contributed by atoms with van der Waals surface area (Å²) in [5.74, 6) is 0.0428. The zero-order chi connectivity index (χ0) is 21.1. The first-order chi connectivity index (χ1) is 14.5. The second-order valence-electron chi connectivity index (χ2n) is 9.12. The summed E-state index contributed by atoms with van der Waals surface area (Å²) in [5.41, 5.74) is 0.970. The molecular weight excluding hydrogens is 374 g/mol. The third kappa shape index (κ3) is 4.67. The number of nitrogens with zero attached hydrogens (tertiary/aromatic N) is 2. The van der Waals surface area contributed by atoms with E-state index < -0.39 is 6.04 Å². The van der Waals surface area contributed by atoms with Gasteiger partial charge in [-0.2, -0.15) is 0 Å². The van der Waals surface area contributed by atoms with Gasteiger partial charge >= 0.3 is 0 Å². The molecule has 0 unspecified atom stereocenters. The second-order valence-corrected chi connectivity index (χ2v) is 9.12. The smallest absolute Gasteiger partial charge is 0.245 e. The quantitative estimate of drug-likeness (QED) is 0.828. The van der Waals surface area contributed by atoms with Crippen LogP contribution < -0.4 is 5.32 Å². The maximum atomic E-state index is 13.3. The molecule has 160 valence electrons. The molecule has 2 aromatic carbocycles. The minimum Gasteiger partial charge on any atom is -0.344 e. The molecule has 0 radical (unpaired) electrons. The SMILES string of the molecule is CC(C)[C@H](NC(=O)Cc1ccc2ccccc2c1)C(=O)N1CCCN2CCC[C@@H]2C1. The van der Waals surface area contributed by atoms with E-state index in [0.717, 1.165) is 43.5 Å². The predicted molar refractivity (Wildman–Crippen MR) is 120 cm³/mol. The number of carbonyl (C=O) groups is 2. The van der Waals surface area contributed by atoms with Crippen molar-refractivity contribution in [3.63, 3.8) is 0 Å². The number of carbonyl (C=O) groups excluding carboxylic acids is 2. The van der Waals surface area contributed by atoms with Crippen molar-refractivity contribution in [1.29, 1.82) is 0 Å². The van der Waals surface area contributed by atoms with Crippen LogP contribution in [0.15, 0.2) is 42.5 Å². The molecule has 2 fully saturated rings. The predicted octanol–water partition coefficient (Wildman–Crippen LogP) is 3.22. The highest BCUT2D eigenvalue weighted by Crippen LogP contribution is 2.22. The van der Waals surface area contributed by atoms with E-state index in [2.05, 4.69) is 28.4 Å². The number of hydrogen-bond acceptors (Lipinski definition) is 3. The lowest BCUT2D eigenvalue weighted by molar-refractivity contribution is -0.137. The molecule has 0 spiro atoms. The number of nitrogens with one attached hydrogen (secondary N) is 1. The Morgan fingerprint density at radius 3 is 2.60 bits per heavy atom. The van der Waals surface area contributed by atoms with Gasteiger partial charge in [-0.25, -0.2) is 0 Å². The molecule has 0 aromatic heterocycles. The van der Waals surface area contributed by atoms with E-state index >= 15 is 0 Å². The van der Waals surface area contributed by atoms with Gasteiger partial charge in [-0.15, -0.1) is 0 Å². The van der Waals surface area contributed by atoms with Gasteiger partial charge < -0.3 is 10.2 Å². The lowest BCUT2D eigenvalue weighted by atomic mass is 10.0. The van der Waals surface area contributed by atoms with Crippen LogP contribution in [0.5, 0.6) is 0 Å². The molecule has 2 aliphatic heterocycles. The van der Waals surface area contributed by atoms with Gasteiger partial charge in [0, 0.05) is 25.7 Å². The van der Waals surface area contributed by atoms with Crippen molar-refractivity contribution >= 4 is 22.6 Å². The van der Waals surface area contributed by atoms with Crippen LogP contribution in [-0.4, -0.2) is 59.9 Å². The van der Waals surface area contributed by atoms with Crippen molar-refractivity contribution in [3.05, 3.63) is 48.0 Å². The largest absolute Gasteiger partial charge is 0.344 e. The molecule has 5 heteroatoms. The molecule has 2 amide bonds. The highest BCUT2D eigenvalue weighted by atomic mass is 16.2. The minimum atomic E-state index is -0.467. The Morgan fingerprint density at radius 1 is 1.03 bits per heavy atom. The molecule has 30 heavy (non-hydrogen) atoms. The summed E-state index contributed by atoms with van der Waals surface area (Å²) in [6, 6.07) is 14.3. The first kappa shape index (κ1) is 20.9. The molecule has 4 rings (SSSR count). The summed E-state index contributed by atoms with van der Waals surface area (Å²) in [5, 5.41) is 5.34. The number of fused-ring (bicyclic) bond motifs is 2. The van der Waals surface area contributed by atoms with Crippen LogP contribution in [-0.2, 0) is 16.0 Å². The van der Waals surface area contributed by atoms with E-state index in [1.807, 2.05) is 43.0 Å². The molecule has 0 saturated carbocycles. The maximum absolute atomic E-state index is 13.3. The normalized spacial score (nSPS) is 20.8. The molecule has 2 atom stereocenters. The van der Waals surface area contributed by atoms with Crippen molar-refractivity contribution in [2.45, 2.75) is 51.6 Å². The van der Waals surface area contributed by atoms with Crippen molar-refractivity contribution in [2.24, 2.45) is 5.92 Å². The summed E-state index contributed by atoms with van der Waals surface area (Å²) in [7, 11) is 0. The summed E-state index contributed by atoms with van der Waals surface area (Å²) < 4.78 is 0. The van der Waals surface area contributed by atoms with Crippen molar-refractivity contribution < 1.29 is 9.59 Å². The van der Waals surface area contributed by atoms with E-state index in [-0.39, 0.29) is 24.2 Å². The second kappa shape index (κ2) is 9.17. The van der Waals surface area contributed by atoms with Crippen LogP contribution in [0.2, 0.25) is 0 Å². The first-order valence-corrected chi connectivity index (χ1v) is 11.3. The van der Waals surface area contributed by atoms with Gasteiger partial charge in [0.25, 0.3) is 0 Å². The van der Waals surface area contributed by atoms with Gasteiger partial charge in [-0.05, 0) is 48.1 Å². The van der Waals surface area contributed by atoms with Crippen LogP contribution >= 0.6 is 0 Å². The van der Waals surface area contributed by atoms with Crippen molar-refractivity contribution in [3.8, 4) is 0 Å². The average molecular weight is 408 g/mol. The Morgan fingerprint density at radius 2 is 1.80 bits per heavy atom. The third-order valence-electron chi connectivity index (χ3n) is 6.54. The van der Waals surface area contributed by atoms with Crippen LogP contribution in [0.4, 0.5) is 0 Å². The molecular formula is C25H33N3O2. The molecule has 5 nitrogen and oxygen atoms in total. The fourth-order valence-corrected chi connectivity index (χ4v) is 4.88. The van der Waals surface area contributed by atoms with E-state index in [1.54, 1.807) is 0 Å². The zero-order valence-electron chi connectivity index (χ0n) is 18.1. The lowest BCUT2D eigenvalue weighted by Crippen LogP contribution is -2.53. The van der Waals surface area contributed by atoms with E-state index in [1.165, 1.54) is 18.2 Å². The number of rotatable bonds is 5. The molecule has 2 saturated heterocycles. The number of benzene rings is 2. The van der Waals surface area contributed by atoms with Crippen molar-refractivity contribution in [1.82, 2.24) is 15.1 Å². The molecule has 0 bridgehead atoms. The van der Waals surface area contributed by atoms with E-state index in [0.29, 0.717) is 6.04 Å². The van der Waals surface area contributed by atoms with Crippen molar-refractivity contribution in [2.75, 3.05) is 26.2 Å². The Labute approximate surface area is 179 Å². The van der Waals surface area contributed by atoms with E-state index in [9.17, 15) is 9.59 Å². The summed E-state index contributed by atoms with van der Waals surface area (Å²) in [6.45, 7) is 7.84. The van der Waals surface area contributed by atoms with Crippen LogP contribution in [0, 0.1) is 5.92 Å². The summed E-state index contributed by atoms with van der Waals surface area (Å²) in [4.78, 5) is 30.7. The molecule has 1 N–H and O–H groups in total. The summed E-state index contributed by atoms with van der Waals surface area (Å²) in [6.07, 6.45) is 3.70. The molecule has 0 aliphatic carbocycles. The third-order valence-corrected chi connectivity index (χ3v) is 6.54. The fourth-order valence-electron chi connectivity index (χ4n) is 4.88. The molecule has 2 aliphatic rings. The van der Waals surface area contributed by atoms with Crippen LogP contribution in [0.1, 0.15) is 38.7 Å². The first-order valence-electron chi connectivity index (χ1n) is 11.3. The van der Waals surface area contributed by atoms with Crippen LogP contribution in [0.25, 0.3) is 10.8 Å². The highest BCUT2D eigenvalue weighted by Gasteiger charge is 2.34. The Kier molecular flexibility index (Phi) is 6.38. The lowest BCUT2D eigenvalue weighted by Gasteiger charge is -2.31. The monoisotopic (exact) mass is 407 g/mol. The van der Waals surface area contributed by atoms with Gasteiger partial charge in [0.05, 0.1) is 6.42 Å². The van der Waals surface area contributed by atoms with Gasteiger partial charge in [0.2, 0.25) is 11.8 Å². The van der Waals surface area contributed by atoms with Gasteiger partial charge in [0.15, 0.2) is 0 Å². The number of amides is 2. The van der Waals surface area contributed by atoms with E-state index in [4.69, 9.17) is 0 Å². The minimum absolute atomic E-state index is 0.0565. The Bertz CT molecular complexity index is 910. The van der Waals surface area contributed by atoms with Gasteiger partial charge in [0.1, 0.15) is 6.04 Å². The standard InChI is InChI=1S/C25H33N3O2/c1-18(2)24(25(30)28-14-6-13-27-12-5-9-22(27)17-28)26-23(29)16-19-10-11-20-7-3-4-8-21(20)15-19/h3-4,7-8,10-11,15,18,22,24H,5-6,9,12-14,16-17H2,1-2H3,(H,26,29)/t22-,24+/m1/s1. The Balaban J connectivity index is 1.41. The van der Waals surface area contributed by atoms with Gasteiger partial charge in [-0.1, -0.05) is 56.3 Å². The fraction of sp³-hybridized carbons (Fsp3) is 0.520. The van der Waals surface area contributed by atoms with Crippen LogP contribution in [0.3, 0.4) is 0 Å². The highest BCUT2D eigenvalue weighted by molar-refractivity contribution is 5.89. The molecule has 2 heterocycles. The van der Waals surface area contributed by atoms with Gasteiger partial charge in [-0.3, -0.25) is 14.5 Å². The Hall–Kier alpha value is -2.40. The molecule has 2 aromatic rings. The zero-order valence-corrected chi connectivity index (χ0v) is 18.1.